The monoisotopic (exact) mass is 454 g/mol. The Hall–Kier alpha value is -2.20. The summed E-state index contributed by atoms with van der Waals surface area (Å²) < 4.78 is 20.6. The molecule has 0 saturated carbocycles. The highest BCUT2D eigenvalue weighted by molar-refractivity contribution is 8.00. The molecule has 6 rings (SSSR count). The predicted molar refractivity (Wildman–Crippen MR) is 125 cm³/mol. The molecule has 0 amide bonds. The van der Waals surface area contributed by atoms with Crippen LogP contribution in [0.15, 0.2) is 29.3 Å². The number of nitrogens with zero attached hydrogens (tertiary/aromatic N) is 4. The molecule has 3 aliphatic heterocycles. The number of morpholine rings is 1. The van der Waals surface area contributed by atoms with Gasteiger partial charge in [-0.25, -0.2) is 14.4 Å². The Morgan fingerprint density at radius 3 is 2.78 bits per heavy atom. The number of thioether (sulfide) groups is 1. The molecule has 1 aromatic carbocycles. The summed E-state index contributed by atoms with van der Waals surface area (Å²) in [4.78, 5) is 19.1. The Kier molecular flexibility index (Phi) is 5.50. The molecule has 0 aliphatic carbocycles. The van der Waals surface area contributed by atoms with Gasteiger partial charge in [-0.3, -0.25) is 4.90 Å². The van der Waals surface area contributed by atoms with E-state index < -0.39 is 0 Å². The van der Waals surface area contributed by atoms with Gasteiger partial charge in [-0.15, -0.1) is 11.8 Å². The molecule has 32 heavy (non-hydrogen) atoms. The van der Waals surface area contributed by atoms with Crippen LogP contribution in [-0.4, -0.2) is 84.1 Å². The van der Waals surface area contributed by atoms with E-state index in [4.69, 9.17) is 14.7 Å². The van der Waals surface area contributed by atoms with Crippen LogP contribution < -0.4 is 10.2 Å². The van der Waals surface area contributed by atoms with Gasteiger partial charge in [-0.05, 0) is 18.2 Å². The quantitative estimate of drug-likeness (QED) is 0.628. The summed E-state index contributed by atoms with van der Waals surface area (Å²) in [5, 5.41) is 4.69. The van der Waals surface area contributed by atoms with E-state index in [2.05, 4.69) is 20.1 Å². The Labute approximate surface area is 190 Å². The first kappa shape index (κ1) is 20.4. The van der Waals surface area contributed by atoms with Crippen molar-refractivity contribution in [1.29, 1.82) is 0 Å². The largest absolute Gasteiger partial charge is 0.378 e. The normalized spacial score (nSPS) is 21.9. The molecule has 9 heteroatoms. The van der Waals surface area contributed by atoms with Crippen molar-refractivity contribution in [1.82, 2.24) is 25.2 Å². The van der Waals surface area contributed by atoms with E-state index in [9.17, 15) is 0 Å². The summed E-state index contributed by atoms with van der Waals surface area (Å²) in [6.07, 6.45) is 2.73. The maximum atomic E-state index is 15.0. The molecule has 2 N–H and O–H groups in total. The molecule has 3 aromatic rings. The van der Waals surface area contributed by atoms with Gasteiger partial charge < -0.3 is 19.9 Å². The van der Waals surface area contributed by atoms with E-state index in [1.54, 1.807) is 6.07 Å². The van der Waals surface area contributed by atoms with Crippen molar-refractivity contribution in [2.75, 3.05) is 63.9 Å². The number of hydrogen-bond acceptors (Lipinski definition) is 7. The van der Waals surface area contributed by atoms with Gasteiger partial charge in [-0.2, -0.15) is 0 Å². The van der Waals surface area contributed by atoms with Gasteiger partial charge in [0.25, 0.3) is 0 Å². The molecule has 1 unspecified atom stereocenters. The van der Waals surface area contributed by atoms with Gasteiger partial charge >= 0.3 is 0 Å². The van der Waals surface area contributed by atoms with Crippen LogP contribution in [0, 0.1) is 5.82 Å². The number of hydrogen-bond donors (Lipinski definition) is 2. The molecular formula is C23H27FN6OS. The number of fused-ring (bicyclic) bond motifs is 2. The van der Waals surface area contributed by atoms with Crippen molar-refractivity contribution < 1.29 is 9.13 Å². The van der Waals surface area contributed by atoms with Gasteiger partial charge in [0.2, 0.25) is 0 Å². The van der Waals surface area contributed by atoms with Crippen molar-refractivity contribution in [3.63, 3.8) is 0 Å². The van der Waals surface area contributed by atoms with Gasteiger partial charge in [0.15, 0.2) is 5.82 Å². The van der Waals surface area contributed by atoms with Crippen LogP contribution in [0.2, 0.25) is 0 Å². The fourth-order valence-corrected chi connectivity index (χ4v) is 6.29. The van der Waals surface area contributed by atoms with Crippen LogP contribution >= 0.6 is 11.8 Å². The molecule has 3 aliphatic rings. The number of halogens is 1. The Morgan fingerprint density at radius 2 is 1.94 bits per heavy atom. The van der Waals surface area contributed by atoms with E-state index >= 15 is 4.39 Å². The zero-order valence-electron chi connectivity index (χ0n) is 17.9. The molecule has 0 spiro atoms. The summed E-state index contributed by atoms with van der Waals surface area (Å²) in [7, 11) is 0. The number of H-pyrrole nitrogens is 1. The van der Waals surface area contributed by atoms with Crippen molar-refractivity contribution in [2.24, 2.45) is 0 Å². The van der Waals surface area contributed by atoms with E-state index in [-0.39, 0.29) is 5.82 Å². The zero-order valence-corrected chi connectivity index (χ0v) is 18.8. The molecule has 2 saturated heterocycles. The number of rotatable bonds is 4. The number of benzene rings is 1. The van der Waals surface area contributed by atoms with Crippen LogP contribution in [0.1, 0.15) is 5.69 Å². The Bertz CT molecular complexity index is 1130. The van der Waals surface area contributed by atoms with Gasteiger partial charge in [0, 0.05) is 74.6 Å². The number of aromatic amines is 1. The van der Waals surface area contributed by atoms with E-state index in [0.717, 1.165) is 79.5 Å². The SMILES string of the molecule is Fc1ccc2[nH]ccc2c1-c1nc2c(c(N3CCOCC3)n1)SC(CN1CCNCC1)C2. The standard InChI is InChI=1S/C23H27FN6OS/c24-17-1-2-18-16(3-4-26-18)20(17)22-27-19-13-15(14-29-7-5-25-6-8-29)32-21(19)23(28-22)30-9-11-31-12-10-30/h1-4,15,25-26H,5-14H2. The average Bonchev–Trinajstić information content (AvgIpc) is 3.46. The molecule has 2 aromatic heterocycles. The first-order chi connectivity index (χ1) is 15.8. The third kappa shape index (κ3) is 3.77. The van der Waals surface area contributed by atoms with Gasteiger partial charge in [0.05, 0.1) is 29.4 Å². The Balaban J connectivity index is 1.40. The third-order valence-electron chi connectivity index (χ3n) is 6.51. The number of piperazine rings is 1. The Morgan fingerprint density at radius 1 is 1.09 bits per heavy atom. The summed E-state index contributed by atoms with van der Waals surface area (Å²) in [6.45, 7) is 8.27. The first-order valence-electron chi connectivity index (χ1n) is 11.4. The molecule has 0 bridgehead atoms. The topological polar surface area (TPSA) is 69.3 Å². The molecule has 0 radical (unpaired) electrons. The summed E-state index contributed by atoms with van der Waals surface area (Å²) in [5.41, 5.74) is 2.43. The lowest BCUT2D eigenvalue weighted by atomic mass is 10.1. The zero-order chi connectivity index (χ0) is 21.5. The van der Waals surface area contributed by atoms with Crippen LogP contribution in [0.5, 0.6) is 0 Å². The van der Waals surface area contributed by atoms with Crippen molar-refractivity contribution in [3.05, 3.63) is 35.9 Å². The lowest BCUT2D eigenvalue weighted by molar-refractivity contribution is 0.122. The predicted octanol–water partition coefficient (Wildman–Crippen LogP) is 2.52. The maximum Gasteiger partial charge on any atom is 0.165 e. The highest BCUT2D eigenvalue weighted by atomic mass is 32.2. The fourth-order valence-electron chi connectivity index (χ4n) is 4.89. The minimum Gasteiger partial charge on any atom is -0.378 e. The summed E-state index contributed by atoms with van der Waals surface area (Å²) in [5.74, 6) is 1.14. The summed E-state index contributed by atoms with van der Waals surface area (Å²) in [6, 6.07) is 5.17. The van der Waals surface area contributed by atoms with Crippen LogP contribution in [0.25, 0.3) is 22.3 Å². The number of anilines is 1. The minimum atomic E-state index is -0.284. The average molecular weight is 455 g/mol. The lowest BCUT2D eigenvalue weighted by Crippen LogP contribution is -2.45. The number of nitrogens with one attached hydrogen (secondary N) is 2. The van der Waals surface area contributed by atoms with Crippen molar-refractivity contribution >= 4 is 28.5 Å². The van der Waals surface area contributed by atoms with Crippen LogP contribution in [0.4, 0.5) is 10.2 Å². The first-order valence-corrected chi connectivity index (χ1v) is 12.2. The second kappa shape index (κ2) is 8.62. The van der Waals surface area contributed by atoms with Crippen molar-refractivity contribution in [3.8, 4) is 11.4 Å². The fraction of sp³-hybridized carbons (Fsp3) is 0.478. The van der Waals surface area contributed by atoms with E-state index in [0.29, 0.717) is 29.9 Å². The molecule has 5 heterocycles. The van der Waals surface area contributed by atoms with Gasteiger partial charge in [-0.1, -0.05) is 0 Å². The van der Waals surface area contributed by atoms with E-state index in [1.807, 2.05) is 24.0 Å². The summed E-state index contributed by atoms with van der Waals surface area (Å²) >= 11 is 1.89. The smallest absolute Gasteiger partial charge is 0.165 e. The molecule has 168 valence electrons. The molecule has 7 nitrogen and oxygen atoms in total. The number of aromatic nitrogens is 3. The molecule has 1 atom stereocenters. The lowest BCUT2D eigenvalue weighted by Gasteiger charge is -2.30. The van der Waals surface area contributed by atoms with Crippen molar-refractivity contribution in [2.45, 2.75) is 16.6 Å². The molecular weight excluding hydrogens is 427 g/mol. The maximum absolute atomic E-state index is 15.0. The molecule has 2 fully saturated rings. The van der Waals surface area contributed by atoms with Gasteiger partial charge in [0.1, 0.15) is 11.6 Å². The third-order valence-corrected chi connectivity index (χ3v) is 7.82. The van der Waals surface area contributed by atoms with E-state index in [1.165, 1.54) is 6.07 Å². The minimum absolute atomic E-state index is 0.284. The number of ether oxygens (including phenoxy) is 1. The highest BCUT2D eigenvalue weighted by Crippen LogP contribution is 2.44. The van der Waals surface area contributed by atoms with Crippen LogP contribution in [0.3, 0.4) is 0 Å². The second-order valence-corrected chi connectivity index (χ2v) is 9.91. The van der Waals surface area contributed by atoms with Crippen LogP contribution in [-0.2, 0) is 11.2 Å². The highest BCUT2D eigenvalue weighted by Gasteiger charge is 2.32. The second-order valence-electron chi connectivity index (χ2n) is 8.60.